The molecule has 0 amide bonds. The van der Waals surface area contributed by atoms with E-state index >= 15 is 0 Å². The minimum atomic E-state index is 0.283. The van der Waals surface area contributed by atoms with E-state index in [1.165, 1.54) is 25.7 Å². The molecule has 0 bridgehead atoms. The van der Waals surface area contributed by atoms with Gasteiger partial charge in [0.2, 0.25) is 5.89 Å². The lowest BCUT2D eigenvalue weighted by atomic mass is 10.1. The minimum absolute atomic E-state index is 0.283. The quantitative estimate of drug-likeness (QED) is 0.839. The lowest BCUT2D eigenvalue weighted by Crippen LogP contribution is -2.22. The third kappa shape index (κ3) is 3.26. The zero-order valence-electron chi connectivity index (χ0n) is 10.0. The van der Waals surface area contributed by atoms with Gasteiger partial charge in [0.25, 0.3) is 0 Å². The van der Waals surface area contributed by atoms with Crippen molar-refractivity contribution in [2.24, 2.45) is 0 Å². The second-order valence-corrected chi connectivity index (χ2v) is 4.95. The lowest BCUT2D eigenvalue weighted by molar-refractivity contribution is 0.0153. The van der Waals surface area contributed by atoms with Gasteiger partial charge in [0.1, 0.15) is 0 Å². The van der Waals surface area contributed by atoms with Gasteiger partial charge in [-0.3, -0.25) is 0 Å². The van der Waals surface area contributed by atoms with Crippen LogP contribution in [0.5, 0.6) is 0 Å². The molecule has 0 aromatic carbocycles. The summed E-state index contributed by atoms with van der Waals surface area (Å²) in [5.74, 6) is 1.48. The molecule has 1 aliphatic carbocycles. The normalized spacial score (nSPS) is 25.1. The summed E-state index contributed by atoms with van der Waals surface area (Å²) >= 11 is 0. The molecule has 0 spiro atoms. The van der Waals surface area contributed by atoms with Gasteiger partial charge in [-0.25, -0.2) is 0 Å². The highest BCUT2D eigenvalue weighted by Crippen LogP contribution is 2.19. The van der Waals surface area contributed by atoms with Crippen LogP contribution in [-0.4, -0.2) is 28.9 Å². The van der Waals surface area contributed by atoms with Crippen LogP contribution in [0.15, 0.2) is 4.52 Å². The average Bonchev–Trinajstić information content (AvgIpc) is 3.09. The number of hydrogen-bond acceptors (Lipinski definition) is 5. The van der Waals surface area contributed by atoms with Crippen LogP contribution in [0.4, 0.5) is 0 Å². The van der Waals surface area contributed by atoms with Crippen molar-refractivity contribution in [3.05, 3.63) is 11.7 Å². The van der Waals surface area contributed by atoms with Gasteiger partial charge in [0, 0.05) is 19.1 Å². The number of nitrogens with zero attached hydrogens (tertiary/aromatic N) is 2. The van der Waals surface area contributed by atoms with E-state index in [9.17, 15) is 0 Å². The molecular weight excluding hydrogens is 218 g/mol. The minimum Gasteiger partial charge on any atom is -0.378 e. The van der Waals surface area contributed by atoms with Crippen molar-refractivity contribution in [1.82, 2.24) is 15.5 Å². The van der Waals surface area contributed by atoms with Crippen molar-refractivity contribution in [2.45, 2.75) is 57.2 Å². The molecule has 5 nitrogen and oxygen atoms in total. The smallest absolute Gasteiger partial charge is 0.240 e. The largest absolute Gasteiger partial charge is 0.378 e. The Hall–Kier alpha value is -0.940. The van der Waals surface area contributed by atoms with Crippen molar-refractivity contribution in [1.29, 1.82) is 0 Å². The third-order valence-electron chi connectivity index (χ3n) is 3.31. The topological polar surface area (TPSA) is 60.2 Å². The van der Waals surface area contributed by atoms with E-state index in [0.29, 0.717) is 18.5 Å². The SMILES string of the molecule is C1CCC(Cc2noc(CNC3CC3)n2)OC1. The summed E-state index contributed by atoms with van der Waals surface area (Å²) in [6, 6.07) is 0.673. The highest BCUT2D eigenvalue weighted by atomic mass is 16.5. The van der Waals surface area contributed by atoms with Crippen molar-refractivity contribution >= 4 is 0 Å². The monoisotopic (exact) mass is 237 g/mol. The first-order chi connectivity index (χ1) is 8.40. The summed E-state index contributed by atoms with van der Waals surface area (Å²) in [6.45, 7) is 1.57. The first-order valence-corrected chi connectivity index (χ1v) is 6.56. The van der Waals surface area contributed by atoms with Gasteiger partial charge in [-0.15, -0.1) is 0 Å². The van der Waals surface area contributed by atoms with Crippen LogP contribution in [0.2, 0.25) is 0 Å². The van der Waals surface area contributed by atoms with E-state index in [0.717, 1.165) is 25.3 Å². The molecule has 1 aromatic rings. The number of nitrogens with one attached hydrogen (secondary N) is 1. The fourth-order valence-electron chi connectivity index (χ4n) is 2.14. The van der Waals surface area contributed by atoms with Gasteiger partial charge in [0.05, 0.1) is 12.6 Å². The van der Waals surface area contributed by atoms with Gasteiger partial charge in [-0.05, 0) is 32.1 Å². The molecule has 3 rings (SSSR count). The molecule has 1 aromatic heterocycles. The van der Waals surface area contributed by atoms with Crippen LogP contribution in [0.3, 0.4) is 0 Å². The molecule has 1 aliphatic heterocycles. The molecule has 94 valence electrons. The van der Waals surface area contributed by atoms with Crippen LogP contribution in [0.1, 0.15) is 43.8 Å². The molecule has 1 saturated carbocycles. The Bertz CT molecular complexity index is 356. The molecule has 1 atom stereocenters. The van der Waals surface area contributed by atoms with E-state index in [4.69, 9.17) is 9.26 Å². The predicted octanol–water partition coefficient (Wildman–Crippen LogP) is 1.43. The summed E-state index contributed by atoms with van der Waals surface area (Å²) < 4.78 is 10.9. The third-order valence-corrected chi connectivity index (χ3v) is 3.31. The van der Waals surface area contributed by atoms with Gasteiger partial charge in [-0.2, -0.15) is 4.98 Å². The zero-order valence-corrected chi connectivity index (χ0v) is 10.0. The molecule has 1 unspecified atom stereocenters. The van der Waals surface area contributed by atoms with Gasteiger partial charge in [-0.1, -0.05) is 5.16 Å². The Morgan fingerprint density at radius 2 is 2.18 bits per heavy atom. The van der Waals surface area contributed by atoms with Crippen LogP contribution >= 0.6 is 0 Å². The highest BCUT2D eigenvalue weighted by molar-refractivity contribution is 4.91. The maximum Gasteiger partial charge on any atom is 0.240 e. The van der Waals surface area contributed by atoms with E-state index in [2.05, 4.69) is 15.5 Å². The highest BCUT2D eigenvalue weighted by Gasteiger charge is 2.22. The Morgan fingerprint density at radius 3 is 2.94 bits per heavy atom. The van der Waals surface area contributed by atoms with Crippen molar-refractivity contribution in [2.75, 3.05) is 6.61 Å². The predicted molar refractivity (Wildman–Crippen MR) is 61.5 cm³/mol. The molecule has 5 heteroatoms. The summed E-state index contributed by atoms with van der Waals surface area (Å²) in [6.07, 6.45) is 7.16. The molecule has 1 N–H and O–H groups in total. The zero-order chi connectivity index (χ0) is 11.5. The van der Waals surface area contributed by atoms with Gasteiger partial charge < -0.3 is 14.6 Å². The van der Waals surface area contributed by atoms with E-state index in [-0.39, 0.29) is 6.10 Å². The Labute approximate surface area is 101 Å². The Kier molecular flexibility index (Phi) is 3.38. The molecule has 0 radical (unpaired) electrons. The van der Waals surface area contributed by atoms with Crippen LogP contribution < -0.4 is 5.32 Å². The summed E-state index contributed by atoms with van der Waals surface area (Å²) in [4.78, 5) is 4.38. The first-order valence-electron chi connectivity index (χ1n) is 6.56. The maximum atomic E-state index is 5.66. The summed E-state index contributed by atoms with van der Waals surface area (Å²) in [5, 5.41) is 7.36. The van der Waals surface area contributed by atoms with E-state index in [1.54, 1.807) is 0 Å². The van der Waals surface area contributed by atoms with Gasteiger partial charge >= 0.3 is 0 Å². The summed E-state index contributed by atoms with van der Waals surface area (Å²) in [5.41, 5.74) is 0. The number of aromatic nitrogens is 2. The molecule has 1 saturated heterocycles. The molecule has 17 heavy (non-hydrogen) atoms. The number of ether oxygens (including phenoxy) is 1. The Morgan fingerprint density at radius 1 is 1.24 bits per heavy atom. The number of rotatable bonds is 5. The van der Waals surface area contributed by atoms with Crippen LogP contribution in [0, 0.1) is 0 Å². The molecule has 2 aliphatic rings. The summed E-state index contributed by atoms with van der Waals surface area (Å²) in [7, 11) is 0. The van der Waals surface area contributed by atoms with Crippen molar-refractivity contribution in [3.63, 3.8) is 0 Å². The second-order valence-electron chi connectivity index (χ2n) is 4.95. The average molecular weight is 237 g/mol. The standard InChI is InChI=1S/C12H19N3O2/c1-2-6-16-10(3-1)7-11-14-12(17-15-11)8-13-9-4-5-9/h9-10,13H,1-8H2. The van der Waals surface area contributed by atoms with E-state index in [1.807, 2.05) is 0 Å². The Balaban J connectivity index is 1.48. The lowest BCUT2D eigenvalue weighted by Gasteiger charge is -2.20. The van der Waals surface area contributed by atoms with Crippen molar-refractivity contribution < 1.29 is 9.26 Å². The fourth-order valence-corrected chi connectivity index (χ4v) is 2.14. The van der Waals surface area contributed by atoms with Crippen LogP contribution in [0.25, 0.3) is 0 Å². The van der Waals surface area contributed by atoms with Gasteiger partial charge in [0.15, 0.2) is 5.82 Å². The fraction of sp³-hybridized carbons (Fsp3) is 0.833. The van der Waals surface area contributed by atoms with Crippen LogP contribution in [-0.2, 0) is 17.7 Å². The molecular formula is C12H19N3O2. The second kappa shape index (κ2) is 5.14. The number of hydrogen-bond donors (Lipinski definition) is 1. The molecule has 2 heterocycles. The molecule has 2 fully saturated rings. The first kappa shape index (κ1) is 11.2. The van der Waals surface area contributed by atoms with E-state index < -0.39 is 0 Å². The maximum absolute atomic E-state index is 5.66. The van der Waals surface area contributed by atoms with Crippen molar-refractivity contribution in [3.8, 4) is 0 Å².